The first kappa shape index (κ1) is 16.3. The summed E-state index contributed by atoms with van der Waals surface area (Å²) < 4.78 is 11.1. The van der Waals surface area contributed by atoms with Crippen LogP contribution >= 0.6 is 0 Å². The summed E-state index contributed by atoms with van der Waals surface area (Å²) >= 11 is 0. The molecule has 0 saturated carbocycles. The number of hydrogen-bond donors (Lipinski definition) is 1. The molecule has 0 aromatic heterocycles. The zero-order valence-corrected chi connectivity index (χ0v) is 13.0. The predicted molar refractivity (Wildman–Crippen MR) is 81.9 cm³/mol. The van der Waals surface area contributed by atoms with E-state index in [0.29, 0.717) is 31.0 Å². The number of nitrogens with one attached hydrogen (secondary N) is 1. The number of carbonyl (C=O) groups is 2. The van der Waals surface area contributed by atoms with Crippen LogP contribution in [0, 0.1) is 0 Å². The minimum absolute atomic E-state index is 0.0341. The van der Waals surface area contributed by atoms with Gasteiger partial charge in [-0.15, -0.1) is 0 Å². The zero-order valence-electron chi connectivity index (χ0n) is 13.0. The molecule has 6 nitrogen and oxygen atoms in total. The Morgan fingerprint density at radius 3 is 3.00 bits per heavy atom. The molecule has 1 N–H and O–H groups in total. The maximum Gasteiger partial charge on any atom is 0.260 e. The number of rotatable bonds is 5. The number of amides is 2. The van der Waals surface area contributed by atoms with E-state index < -0.39 is 0 Å². The fourth-order valence-corrected chi connectivity index (χ4v) is 2.30. The molecule has 1 aromatic rings. The Kier molecular flexibility index (Phi) is 5.77. The summed E-state index contributed by atoms with van der Waals surface area (Å²) in [6.45, 7) is 3.78. The number of benzene rings is 1. The lowest BCUT2D eigenvalue weighted by Crippen LogP contribution is -2.47. The van der Waals surface area contributed by atoms with Gasteiger partial charge >= 0.3 is 0 Å². The van der Waals surface area contributed by atoms with Gasteiger partial charge in [-0.05, 0) is 24.6 Å². The predicted octanol–water partition coefficient (Wildman–Crippen LogP) is 1.06. The van der Waals surface area contributed by atoms with Crippen molar-refractivity contribution < 1.29 is 19.1 Å². The molecule has 1 saturated heterocycles. The van der Waals surface area contributed by atoms with Crippen LogP contribution in [0.3, 0.4) is 0 Å². The third kappa shape index (κ3) is 4.21. The minimum Gasteiger partial charge on any atom is -0.484 e. The van der Waals surface area contributed by atoms with Gasteiger partial charge in [0.05, 0.1) is 12.7 Å². The van der Waals surface area contributed by atoms with Crippen LogP contribution in [-0.4, -0.2) is 56.2 Å². The number of carbonyl (C=O) groups excluding carboxylic acids is 2. The molecule has 0 aliphatic carbocycles. The van der Waals surface area contributed by atoms with E-state index in [4.69, 9.17) is 9.47 Å². The van der Waals surface area contributed by atoms with E-state index in [2.05, 4.69) is 5.32 Å². The lowest BCUT2D eigenvalue weighted by atomic mass is 10.2. The topological polar surface area (TPSA) is 67.9 Å². The normalized spacial score (nSPS) is 17.9. The molecule has 120 valence electrons. The monoisotopic (exact) mass is 306 g/mol. The van der Waals surface area contributed by atoms with E-state index in [1.807, 2.05) is 6.92 Å². The molecular formula is C16H22N2O4. The fraction of sp³-hybridized carbons (Fsp3) is 0.500. The quantitative estimate of drug-likeness (QED) is 0.883. The SMILES string of the molecule is CC[C@H]1CN(C(=O)COc2cccc(C(=O)NC)c2)CCO1. The van der Waals surface area contributed by atoms with Gasteiger partial charge in [0.15, 0.2) is 6.61 Å². The Labute approximate surface area is 130 Å². The molecule has 1 aromatic carbocycles. The average molecular weight is 306 g/mol. The summed E-state index contributed by atoms with van der Waals surface area (Å²) in [5.74, 6) is 0.262. The molecule has 6 heteroatoms. The molecule has 1 heterocycles. The maximum atomic E-state index is 12.2. The molecular weight excluding hydrogens is 284 g/mol. The van der Waals surface area contributed by atoms with Crippen LogP contribution in [0.2, 0.25) is 0 Å². The second kappa shape index (κ2) is 7.79. The van der Waals surface area contributed by atoms with Crippen LogP contribution in [0.15, 0.2) is 24.3 Å². The summed E-state index contributed by atoms with van der Waals surface area (Å²) in [6.07, 6.45) is 0.994. The standard InChI is InChI=1S/C16H22N2O4/c1-3-13-10-18(7-8-21-13)15(19)11-22-14-6-4-5-12(9-14)16(20)17-2/h4-6,9,13H,3,7-8,10-11H2,1-2H3,(H,17,20)/t13-/m0/s1. The molecule has 1 aliphatic rings. The number of nitrogens with zero attached hydrogens (tertiary/aromatic N) is 1. The van der Waals surface area contributed by atoms with E-state index in [1.165, 1.54) is 0 Å². The van der Waals surface area contributed by atoms with E-state index in [9.17, 15) is 9.59 Å². The largest absolute Gasteiger partial charge is 0.484 e. The van der Waals surface area contributed by atoms with Gasteiger partial charge in [0.2, 0.25) is 0 Å². The van der Waals surface area contributed by atoms with E-state index in [0.717, 1.165) is 6.42 Å². The van der Waals surface area contributed by atoms with Crippen molar-refractivity contribution in [3.8, 4) is 5.75 Å². The number of morpholine rings is 1. The first-order valence-corrected chi connectivity index (χ1v) is 7.48. The number of ether oxygens (including phenoxy) is 2. The smallest absolute Gasteiger partial charge is 0.260 e. The lowest BCUT2D eigenvalue weighted by Gasteiger charge is -2.32. The van der Waals surface area contributed by atoms with Gasteiger partial charge in [0, 0.05) is 25.7 Å². The molecule has 2 amide bonds. The highest BCUT2D eigenvalue weighted by Crippen LogP contribution is 2.14. The van der Waals surface area contributed by atoms with Crippen LogP contribution in [0.4, 0.5) is 0 Å². The summed E-state index contributed by atoms with van der Waals surface area (Å²) in [4.78, 5) is 25.5. The van der Waals surface area contributed by atoms with Crippen LogP contribution in [0.1, 0.15) is 23.7 Å². The highest BCUT2D eigenvalue weighted by Gasteiger charge is 2.23. The van der Waals surface area contributed by atoms with Crippen molar-refractivity contribution in [2.45, 2.75) is 19.4 Å². The van der Waals surface area contributed by atoms with Gasteiger partial charge < -0.3 is 19.7 Å². The molecule has 0 unspecified atom stereocenters. The molecule has 2 rings (SSSR count). The van der Waals surface area contributed by atoms with Crippen molar-refractivity contribution in [2.75, 3.05) is 33.4 Å². The minimum atomic E-state index is -0.184. The maximum absolute atomic E-state index is 12.2. The van der Waals surface area contributed by atoms with Gasteiger partial charge in [-0.25, -0.2) is 0 Å². The van der Waals surface area contributed by atoms with Crippen LogP contribution in [0.5, 0.6) is 5.75 Å². The van der Waals surface area contributed by atoms with Crippen LogP contribution < -0.4 is 10.1 Å². The van der Waals surface area contributed by atoms with Crippen molar-refractivity contribution in [1.82, 2.24) is 10.2 Å². The molecule has 1 aliphatic heterocycles. The molecule has 0 bridgehead atoms. The fourth-order valence-electron chi connectivity index (χ4n) is 2.30. The third-order valence-corrected chi connectivity index (χ3v) is 3.63. The number of hydrogen-bond acceptors (Lipinski definition) is 4. The first-order valence-electron chi connectivity index (χ1n) is 7.48. The van der Waals surface area contributed by atoms with E-state index >= 15 is 0 Å². The Balaban J connectivity index is 1.89. The Morgan fingerprint density at radius 1 is 1.45 bits per heavy atom. The first-order chi connectivity index (χ1) is 10.6. The van der Waals surface area contributed by atoms with Crippen molar-refractivity contribution in [3.05, 3.63) is 29.8 Å². The average Bonchev–Trinajstić information content (AvgIpc) is 2.59. The van der Waals surface area contributed by atoms with E-state index in [-0.39, 0.29) is 24.5 Å². The Hall–Kier alpha value is -2.08. The summed E-state index contributed by atoms with van der Waals surface area (Å²) in [6, 6.07) is 6.78. The second-order valence-electron chi connectivity index (χ2n) is 5.14. The molecule has 22 heavy (non-hydrogen) atoms. The van der Waals surface area contributed by atoms with Crippen molar-refractivity contribution in [3.63, 3.8) is 0 Å². The van der Waals surface area contributed by atoms with Crippen molar-refractivity contribution in [2.24, 2.45) is 0 Å². The molecule has 1 fully saturated rings. The van der Waals surface area contributed by atoms with Crippen molar-refractivity contribution in [1.29, 1.82) is 0 Å². The van der Waals surface area contributed by atoms with Gasteiger partial charge in [-0.2, -0.15) is 0 Å². The van der Waals surface area contributed by atoms with Gasteiger partial charge in [-0.3, -0.25) is 9.59 Å². The third-order valence-electron chi connectivity index (χ3n) is 3.63. The summed E-state index contributed by atoms with van der Waals surface area (Å²) in [5, 5.41) is 2.55. The van der Waals surface area contributed by atoms with Crippen LogP contribution in [-0.2, 0) is 9.53 Å². The summed E-state index contributed by atoms with van der Waals surface area (Å²) in [5.41, 5.74) is 0.505. The molecule has 0 spiro atoms. The Bertz CT molecular complexity index is 533. The zero-order chi connectivity index (χ0) is 15.9. The second-order valence-corrected chi connectivity index (χ2v) is 5.14. The van der Waals surface area contributed by atoms with E-state index in [1.54, 1.807) is 36.2 Å². The highest BCUT2D eigenvalue weighted by atomic mass is 16.5. The molecule has 1 atom stereocenters. The van der Waals surface area contributed by atoms with Crippen molar-refractivity contribution >= 4 is 11.8 Å². The van der Waals surface area contributed by atoms with Crippen LogP contribution in [0.25, 0.3) is 0 Å². The van der Waals surface area contributed by atoms with Gasteiger partial charge in [0.1, 0.15) is 5.75 Å². The Morgan fingerprint density at radius 2 is 2.27 bits per heavy atom. The summed E-state index contributed by atoms with van der Waals surface area (Å²) in [7, 11) is 1.57. The molecule has 0 radical (unpaired) electrons. The van der Waals surface area contributed by atoms with Gasteiger partial charge in [0.25, 0.3) is 11.8 Å². The van der Waals surface area contributed by atoms with Gasteiger partial charge in [-0.1, -0.05) is 13.0 Å². The highest BCUT2D eigenvalue weighted by molar-refractivity contribution is 5.94. The lowest BCUT2D eigenvalue weighted by molar-refractivity contribution is -0.141.